The summed E-state index contributed by atoms with van der Waals surface area (Å²) in [5, 5.41) is 3.68. The minimum absolute atomic E-state index is 0.394. The number of hydrogen-bond acceptors (Lipinski definition) is 2. The molecule has 0 amide bonds. The van der Waals surface area contributed by atoms with E-state index in [0.717, 1.165) is 0 Å². The lowest BCUT2D eigenvalue weighted by atomic mass is 10.0. The van der Waals surface area contributed by atoms with Gasteiger partial charge >= 0.3 is 0 Å². The first kappa shape index (κ1) is 14.9. The number of hydrogen-bond donors (Lipinski definition) is 1. The minimum Gasteiger partial charge on any atom is -0.310 e. The van der Waals surface area contributed by atoms with Crippen molar-refractivity contribution in [3.8, 4) is 0 Å². The third-order valence-corrected chi connectivity index (χ3v) is 3.08. The molecule has 0 aromatic rings. The minimum atomic E-state index is 0.394. The molecule has 0 saturated carbocycles. The van der Waals surface area contributed by atoms with Crippen LogP contribution in [0.2, 0.25) is 0 Å². The number of nitrogens with zero attached hydrogens (tertiary/aromatic N) is 1. The van der Waals surface area contributed by atoms with Crippen molar-refractivity contribution in [1.29, 1.82) is 0 Å². The van der Waals surface area contributed by atoms with Crippen molar-refractivity contribution in [3.05, 3.63) is 0 Å². The average molecular weight is 214 g/mol. The second kappa shape index (κ2) is 8.12. The van der Waals surface area contributed by atoms with E-state index in [1.807, 2.05) is 13.8 Å². The first-order valence-electron chi connectivity index (χ1n) is 6.67. The predicted molar refractivity (Wildman–Crippen MR) is 69.4 cm³/mol. The van der Waals surface area contributed by atoms with Crippen LogP contribution in [-0.2, 0) is 0 Å². The zero-order valence-corrected chi connectivity index (χ0v) is 11.4. The van der Waals surface area contributed by atoms with Crippen molar-refractivity contribution in [2.24, 2.45) is 0 Å². The Hall–Kier alpha value is -0.0800. The van der Waals surface area contributed by atoms with Crippen LogP contribution in [0.1, 0.15) is 53.9 Å². The molecule has 0 aromatic carbocycles. The second-order valence-electron chi connectivity index (χ2n) is 4.46. The third-order valence-electron chi connectivity index (χ3n) is 3.08. The Morgan fingerprint density at radius 3 is 2.40 bits per heavy atom. The summed E-state index contributed by atoms with van der Waals surface area (Å²) in [7, 11) is 0. The highest BCUT2D eigenvalue weighted by atomic mass is 15.2. The first-order valence-corrected chi connectivity index (χ1v) is 6.67. The van der Waals surface area contributed by atoms with E-state index in [0.29, 0.717) is 5.54 Å². The summed E-state index contributed by atoms with van der Waals surface area (Å²) in [6.45, 7) is 15.7. The molecule has 1 unspecified atom stereocenters. The molecule has 1 aliphatic heterocycles. The normalized spacial score (nSPS) is 26.2. The molecule has 1 rings (SSSR count). The van der Waals surface area contributed by atoms with E-state index in [2.05, 4.69) is 31.0 Å². The van der Waals surface area contributed by atoms with E-state index >= 15 is 0 Å². The molecule has 0 radical (unpaired) electrons. The topological polar surface area (TPSA) is 15.3 Å². The Kier molecular flexibility index (Phi) is 8.07. The van der Waals surface area contributed by atoms with Crippen molar-refractivity contribution >= 4 is 0 Å². The van der Waals surface area contributed by atoms with Gasteiger partial charge in [0.25, 0.3) is 0 Å². The smallest absolute Gasteiger partial charge is 0.0292 e. The zero-order valence-electron chi connectivity index (χ0n) is 11.4. The van der Waals surface area contributed by atoms with Gasteiger partial charge in [-0.3, -0.25) is 0 Å². The largest absolute Gasteiger partial charge is 0.310 e. The van der Waals surface area contributed by atoms with E-state index in [4.69, 9.17) is 0 Å². The maximum atomic E-state index is 3.68. The lowest BCUT2D eigenvalue weighted by molar-refractivity contribution is 0.303. The van der Waals surface area contributed by atoms with E-state index in [9.17, 15) is 0 Å². The monoisotopic (exact) mass is 214 g/mol. The Balaban J connectivity index is 0.000000921. The standard InChI is InChI=1S/C11H24N2.C2H6/c1-4-6-8-12-11(3)7-9-13(5-2)10-11;1-2/h12H,4-10H2,1-3H3;1-2H3. The summed E-state index contributed by atoms with van der Waals surface area (Å²) < 4.78 is 0. The lowest BCUT2D eigenvalue weighted by Gasteiger charge is -2.26. The van der Waals surface area contributed by atoms with Gasteiger partial charge in [-0.25, -0.2) is 0 Å². The zero-order chi connectivity index (χ0) is 11.7. The third kappa shape index (κ3) is 5.53. The van der Waals surface area contributed by atoms with Gasteiger partial charge in [0.05, 0.1) is 0 Å². The van der Waals surface area contributed by atoms with E-state index in [-0.39, 0.29) is 0 Å². The molecule has 1 heterocycles. The molecule has 1 aliphatic rings. The van der Waals surface area contributed by atoms with E-state index in [1.165, 1.54) is 45.4 Å². The molecular formula is C13H30N2. The maximum absolute atomic E-state index is 3.68. The summed E-state index contributed by atoms with van der Waals surface area (Å²) >= 11 is 0. The summed E-state index contributed by atoms with van der Waals surface area (Å²) in [5.74, 6) is 0. The molecule has 0 bridgehead atoms. The number of likely N-dealkylation sites (tertiary alicyclic amines) is 1. The Bertz CT molecular complexity index is 147. The molecule has 2 heteroatoms. The van der Waals surface area contributed by atoms with Crippen LogP contribution in [0.25, 0.3) is 0 Å². The molecule has 1 atom stereocenters. The van der Waals surface area contributed by atoms with Crippen LogP contribution in [0.3, 0.4) is 0 Å². The average Bonchev–Trinajstić information content (AvgIpc) is 2.64. The predicted octanol–water partition coefficient (Wildman–Crippen LogP) is 2.89. The van der Waals surface area contributed by atoms with Gasteiger partial charge in [0.2, 0.25) is 0 Å². The van der Waals surface area contributed by atoms with Gasteiger partial charge in [-0.2, -0.15) is 0 Å². The van der Waals surface area contributed by atoms with Gasteiger partial charge < -0.3 is 10.2 Å². The van der Waals surface area contributed by atoms with Crippen LogP contribution >= 0.6 is 0 Å². The van der Waals surface area contributed by atoms with Gasteiger partial charge in [0.1, 0.15) is 0 Å². The fraction of sp³-hybridized carbons (Fsp3) is 1.00. The molecule has 0 aliphatic carbocycles. The molecule has 15 heavy (non-hydrogen) atoms. The summed E-state index contributed by atoms with van der Waals surface area (Å²) in [6.07, 6.45) is 3.91. The van der Waals surface area contributed by atoms with Gasteiger partial charge in [-0.15, -0.1) is 0 Å². The highest BCUT2D eigenvalue weighted by Crippen LogP contribution is 2.20. The number of rotatable bonds is 5. The molecule has 1 N–H and O–H groups in total. The molecule has 1 saturated heterocycles. The SMILES string of the molecule is CC.CCCCNC1(C)CCN(CC)C1. The van der Waals surface area contributed by atoms with Gasteiger partial charge in [-0.1, -0.05) is 34.1 Å². The fourth-order valence-electron chi connectivity index (χ4n) is 2.04. The summed E-state index contributed by atoms with van der Waals surface area (Å²) in [5.41, 5.74) is 0.394. The van der Waals surface area contributed by atoms with Crippen LogP contribution in [0.5, 0.6) is 0 Å². The van der Waals surface area contributed by atoms with Crippen LogP contribution in [0.15, 0.2) is 0 Å². The number of nitrogens with one attached hydrogen (secondary N) is 1. The van der Waals surface area contributed by atoms with Crippen LogP contribution < -0.4 is 5.32 Å². The quantitative estimate of drug-likeness (QED) is 0.708. The highest BCUT2D eigenvalue weighted by molar-refractivity contribution is 4.92. The molecule has 0 spiro atoms. The van der Waals surface area contributed by atoms with Crippen LogP contribution in [0, 0.1) is 0 Å². The van der Waals surface area contributed by atoms with Crippen LogP contribution in [0.4, 0.5) is 0 Å². The van der Waals surface area contributed by atoms with Crippen molar-refractivity contribution in [2.75, 3.05) is 26.2 Å². The second-order valence-corrected chi connectivity index (χ2v) is 4.46. The van der Waals surface area contributed by atoms with Crippen LogP contribution in [-0.4, -0.2) is 36.6 Å². The molecule has 0 aromatic heterocycles. The molecule has 92 valence electrons. The molecule has 2 nitrogen and oxygen atoms in total. The summed E-state index contributed by atoms with van der Waals surface area (Å²) in [4.78, 5) is 2.53. The maximum Gasteiger partial charge on any atom is 0.0292 e. The highest BCUT2D eigenvalue weighted by Gasteiger charge is 2.31. The van der Waals surface area contributed by atoms with Gasteiger partial charge in [0, 0.05) is 12.1 Å². The Labute approximate surface area is 96.4 Å². The van der Waals surface area contributed by atoms with Crippen molar-refractivity contribution < 1.29 is 0 Å². The first-order chi connectivity index (χ1) is 7.20. The Morgan fingerprint density at radius 1 is 1.27 bits per heavy atom. The van der Waals surface area contributed by atoms with E-state index in [1.54, 1.807) is 0 Å². The van der Waals surface area contributed by atoms with Crippen molar-refractivity contribution in [2.45, 2.75) is 59.4 Å². The Morgan fingerprint density at radius 2 is 1.93 bits per heavy atom. The van der Waals surface area contributed by atoms with Crippen molar-refractivity contribution in [3.63, 3.8) is 0 Å². The molecular weight excluding hydrogens is 184 g/mol. The van der Waals surface area contributed by atoms with Gasteiger partial charge in [0.15, 0.2) is 0 Å². The lowest BCUT2D eigenvalue weighted by Crippen LogP contribution is -2.45. The number of likely N-dealkylation sites (N-methyl/N-ethyl adjacent to an activating group) is 1. The fourth-order valence-corrected chi connectivity index (χ4v) is 2.04. The summed E-state index contributed by atoms with van der Waals surface area (Å²) in [6, 6.07) is 0. The molecule has 1 fully saturated rings. The number of unbranched alkanes of at least 4 members (excludes halogenated alkanes) is 1. The van der Waals surface area contributed by atoms with Crippen molar-refractivity contribution in [1.82, 2.24) is 10.2 Å². The van der Waals surface area contributed by atoms with Gasteiger partial charge in [-0.05, 0) is 39.4 Å². The van der Waals surface area contributed by atoms with E-state index < -0.39 is 0 Å².